The maximum absolute atomic E-state index is 6.33. The molecule has 144 valence electrons. The highest BCUT2D eigenvalue weighted by molar-refractivity contribution is 5.76. The quantitative estimate of drug-likeness (QED) is 0.660. The van der Waals surface area contributed by atoms with Gasteiger partial charge in [0.2, 0.25) is 5.95 Å². The van der Waals surface area contributed by atoms with Gasteiger partial charge in [0, 0.05) is 38.9 Å². The number of hydrogen-bond acceptors (Lipinski definition) is 7. The molecule has 3 aromatic rings. The molecule has 0 atom stereocenters. The van der Waals surface area contributed by atoms with Gasteiger partial charge in [-0.1, -0.05) is 6.07 Å². The fraction of sp³-hybridized carbons (Fsp3) is 0.286. The van der Waals surface area contributed by atoms with Crippen molar-refractivity contribution in [3.63, 3.8) is 0 Å². The number of pyridine rings is 1. The Kier molecular flexibility index (Phi) is 4.97. The van der Waals surface area contributed by atoms with Crippen molar-refractivity contribution in [2.75, 3.05) is 48.0 Å². The molecule has 1 aliphatic rings. The summed E-state index contributed by atoms with van der Waals surface area (Å²) in [4.78, 5) is 17.7. The van der Waals surface area contributed by atoms with Crippen LogP contribution in [-0.2, 0) is 0 Å². The van der Waals surface area contributed by atoms with Gasteiger partial charge in [0.1, 0.15) is 5.82 Å². The zero-order valence-electron chi connectivity index (χ0n) is 16.3. The standard InChI is InChI=1S/C21H25N7/c1-27(2)20-8-6-16(14-24-20)25-21-23-10-9-18(26-21)15-5-7-19(17(22)13-15)28-11-3-4-12-28/h5-10,13-14H,3-4,11-12,22H2,1-2H3,(H,23,25,26). The molecule has 0 saturated carbocycles. The Morgan fingerprint density at radius 3 is 2.54 bits per heavy atom. The second kappa shape index (κ2) is 7.72. The third-order valence-corrected chi connectivity index (χ3v) is 4.89. The molecule has 28 heavy (non-hydrogen) atoms. The summed E-state index contributed by atoms with van der Waals surface area (Å²) in [5.41, 5.74) is 10.9. The van der Waals surface area contributed by atoms with E-state index >= 15 is 0 Å². The van der Waals surface area contributed by atoms with E-state index in [1.54, 1.807) is 12.4 Å². The molecule has 0 bridgehead atoms. The lowest BCUT2D eigenvalue weighted by atomic mass is 10.1. The van der Waals surface area contributed by atoms with E-state index < -0.39 is 0 Å². The first-order valence-corrected chi connectivity index (χ1v) is 9.48. The number of nitrogens with zero attached hydrogens (tertiary/aromatic N) is 5. The van der Waals surface area contributed by atoms with Crippen molar-refractivity contribution in [1.82, 2.24) is 15.0 Å². The van der Waals surface area contributed by atoms with Gasteiger partial charge in [-0.15, -0.1) is 0 Å². The number of aromatic nitrogens is 3. The molecule has 7 heteroatoms. The molecule has 3 heterocycles. The summed E-state index contributed by atoms with van der Waals surface area (Å²) in [6, 6.07) is 12.0. The summed E-state index contributed by atoms with van der Waals surface area (Å²) < 4.78 is 0. The van der Waals surface area contributed by atoms with Gasteiger partial charge in [0.05, 0.1) is 29.0 Å². The minimum absolute atomic E-state index is 0.527. The second-order valence-corrected chi connectivity index (χ2v) is 7.16. The first-order valence-electron chi connectivity index (χ1n) is 9.48. The Morgan fingerprint density at radius 1 is 1.04 bits per heavy atom. The van der Waals surface area contributed by atoms with Crippen LogP contribution in [0.2, 0.25) is 0 Å². The van der Waals surface area contributed by atoms with Gasteiger partial charge < -0.3 is 20.9 Å². The molecule has 2 aromatic heterocycles. The number of nitrogens with two attached hydrogens (primary N) is 1. The highest BCUT2D eigenvalue weighted by Crippen LogP contribution is 2.31. The number of nitrogen functional groups attached to an aromatic ring is 1. The predicted molar refractivity (Wildman–Crippen MR) is 115 cm³/mol. The van der Waals surface area contributed by atoms with E-state index in [2.05, 4.69) is 37.3 Å². The van der Waals surface area contributed by atoms with Crippen LogP contribution in [0.15, 0.2) is 48.8 Å². The van der Waals surface area contributed by atoms with Crippen LogP contribution in [-0.4, -0.2) is 42.1 Å². The topological polar surface area (TPSA) is 83.2 Å². The van der Waals surface area contributed by atoms with Crippen LogP contribution in [0.4, 0.5) is 28.8 Å². The number of anilines is 5. The lowest BCUT2D eigenvalue weighted by Crippen LogP contribution is -2.18. The molecule has 0 unspecified atom stereocenters. The maximum Gasteiger partial charge on any atom is 0.227 e. The molecular formula is C21H25N7. The Labute approximate surface area is 165 Å². The van der Waals surface area contributed by atoms with E-state index in [4.69, 9.17) is 5.73 Å². The van der Waals surface area contributed by atoms with E-state index in [-0.39, 0.29) is 0 Å². The highest BCUT2D eigenvalue weighted by atomic mass is 15.2. The number of nitrogens with one attached hydrogen (secondary N) is 1. The zero-order valence-corrected chi connectivity index (χ0v) is 16.3. The van der Waals surface area contributed by atoms with Gasteiger partial charge in [-0.05, 0) is 43.2 Å². The summed E-state index contributed by atoms with van der Waals surface area (Å²) in [7, 11) is 3.92. The summed E-state index contributed by atoms with van der Waals surface area (Å²) >= 11 is 0. The monoisotopic (exact) mass is 375 g/mol. The third-order valence-electron chi connectivity index (χ3n) is 4.89. The molecule has 1 fully saturated rings. The molecule has 1 saturated heterocycles. The van der Waals surface area contributed by atoms with Gasteiger partial charge >= 0.3 is 0 Å². The molecule has 0 amide bonds. The Balaban J connectivity index is 1.54. The van der Waals surface area contributed by atoms with Crippen molar-refractivity contribution >= 4 is 28.8 Å². The van der Waals surface area contributed by atoms with Crippen LogP contribution in [0.3, 0.4) is 0 Å². The Bertz CT molecular complexity index is 947. The molecule has 0 aliphatic carbocycles. The van der Waals surface area contributed by atoms with E-state index in [0.29, 0.717) is 5.95 Å². The predicted octanol–water partition coefficient (Wildman–Crippen LogP) is 3.53. The molecule has 1 aliphatic heterocycles. The van der Waals surface area contributed by atoms with Crippen molar-refractivity contribution in [1.29, 1.82) is 0 Å². The largest absolute Gasteiger partial charge is 0.397 e. The lowest BCUT2D eigenvalue weighted by Gasteiger charge is -2.20. The first-order chi connectivity index (χ1) is 13.6. The molecule has 0 spiro atoms. The Hall–Kier alpha value is -3.35. The number of hydrogen-bond donors (Lipinski definition) is 2. The Morgan fingerprint density at radius 2 is 1.86 bits per heavy atom. The van der Waals surface area contributed by atoms with Gasteiger partial charge in [0.25, 0.3) is 0 Å². The molecule has 7 nitrogen and oxygen atoms in total. The normalized spacial score (nSPS) is 13.6. The zero-order chi connectivity index (χ0) is 19.5. The lowest BCUT2D eigenvalue weighted by molar-refractivity contribution is 0.949. The highest BCUT2D eigenvalue weighted by Gasteiger charge is 2.15. The van der Waals surface area contributed by atoms with Gasteiger partial charge in [-0.25, -0.2) is 15.0 Å². The first kappa shape index (κ1) is 18.0. The van der Waals surface area contributed by atoms with Crippen molar-refractivity contribution in [2.45, 2.75) is 12.8 Å². The van der Waals surface area contributed by atoms with Crippen molar-refractivity contribution in [2.24, 2.45) is 0 Å². The molecular weight excluding hydrogens is 350 g/mol. The number of rotatable bonds is 5. The minimum Gasteiger partial charge on any atom is -0.397 e. The van der Waals surface area contributed by atoms with Crippen LogP contribution in [0.5, 0.6) is 0 Å². The smallest absolute Gasteiger partial charge is 0.227 e. The van der Waals surface area contributed by atoms with Crippen LogP contribution in [0.25, 0.3) is 11.3 Å². The summed E-state index contributed by atoms with van der Waals surface area (Å²) in [6.07, 6.45) is 5.98. The fourth-order valence-corrected chi connectivity index (χ4v) is 3.39. The van der Waals surface area contributed by atoms with Crippen molar-refractivity contribution < 1.29 is 0 Å². The molecule has 3 N–H and O–H groups in total. The van der Waals surface area contributed by atoms with Crippen LogP contribution >= 0.6 is 0 Å². The van der Waals surface area contributed by atoms with E-state index in [0.717, 1.165) is 47.2 Å². The maximum atomic E-state index is 6.33. The minimum atomic E-state index is 0.527. The van der Waals surface area contributed by atoms with Gasteiger partial charge in [-0.3, -0.25) is 0 Å². The average Bonchev–Trinajstić information content (AvgIpc) is 3.23. The van der Waals surface area contributed by atoms with E-state index in [9.17, 15) is 0 Å². The molecule has 0 radical (unpaired) electrons. The summed E-state index contributed by atoms with van der Waals surface area (Å²) in [6.45, 7) is 2.15. The van der Waals surface area contributed by atoms with Crippen LogP contribution in [0.1, 0.15) is 12.8 Å². The molecule has 1 aromatic carbocycles. The van der Waals surface area contributed by atoms with E-state index in [1.807, 2.05) is 43.3 Å². The third kappa shape index (κ3) is 3.83. The van der Waals surface area contributed by atoms with Crippen LogP contribution in [0, 0.1) is 0 Å². The average molecular weight is 375 g/mol. The van der Waals surface area contributed by atoms with Crippen LogP contribution < -0.4 is 20.9 Å². The molecule has 4 rings (SSSR count). The van der Waals surface area contributed by atoms with Crippen molar-refractivity contribution in [3.8, 4) is 11.3 Å². The van der Waals surface area contributed by atoms with Gasteiger partial charge in [-0.2, -0.15) is 0 Å². The van der Waals surface area contributed by atoms with Crippen molar-refractivity contribution in [3.05, 3.63) is 48.8 Å². The number of benzene rings is 1. The van der Waals surface area contributed by atoms with E-state index in [1.165, 1.54) is 12.8 Å². The summed E-state index contributed by atoms with van der Waals surface area (Å²) in [5, 5.41) is 3.21. The summed E-state index contributed by atoms with van der Waals surface area (Å²) in [5.74, 6) is 1.42. The fourth-order valence-electron chi connectivity index (χ4n) is 3.39. The SMILES string of the molecule is CN(C)c1ccc(Nc2nccc(-c3ccc(N4CCCC4)c(N)c3)n2)cn1. The second-order valence-electron chi connectivity index (χ2n) is 7.16. The van der Waals surface area contributed by atoms with Gasteiger partial charge in [0.15, 0.2) is 0 Å².